The summed E-state index contributed by atoms with van der Waals surface area (Å²) in [6, 6.07) is 17.6. The maximum atomic E-state index is 13.7. The molecule has 0 aliphatic carbocycles. The number of benzene rings is 2. The van der Waals surface area contributed by atoms with Crippen molar-refractivity contribution in [3.8, 4) is 0 Å². The minimum atomic E-state index is -0.888. The Kier molecular flexibility index (Phi) is 8.95. The topological polar surface area (TPSA) is 91.4 Å². The smallest absolute Gasteiger partial charge is 0.248 e. The van der Waals surface area contributed by atoms with Crippen LogP contribution in [0.1, 0.15) is 55.0 Å². The van der Waals surface area contributed by atoms with Crippen molar-refractivity contribution < 1.29 is 14.4 Å². The van der Waals surface area contributed by atoms with E-state index in [1.54, 1.807) is 24.4 Å². The van der Waals surface area contributed by atoms with Crippen LogP contribution < -0.4 is 15.5 Å². The summed E-state index contributed by atoms with van der Waals surface area (Å²) in [6.07, 6.45) is 1.48. The lowest BCUT2D eigenvalue weighted by Crippen LogP contribution is -2.46. The zero-order chi connectivity index (χ0) is 26.2. The molecule has 1 unspecified atom stereocenters. The standard InChI is InChI=1S/C29H34N4O3/c1-19(2)31-29(36)28(23-11-9-20(3)10-12-23)33(24-17-21(4)16-22(5)18-24)27(35)14-13-26(34)32-25-8-6-7-15-30-25/h6-12,15-19,28H,13-14H2,1-5H3,(H,31,36)(H,30,32,34). The zero-order valence-electron chi connectivity index (χ0n) is 21.5. The molecule has 1 aromatic heterocycles. The van der Waals surface area contributed by atoms with Crippen LogP contribution in [0, 0.1) is 20.8 Å². The monoisotopic (exact) mass is 486 g/mol. The number of hydrogen-bond donors (Lipinski definition) is 2. The second-order valence-electron chi connectivity index (χ2n) is 9.35. The van der Waals surface area contributed by atoms with E-state index in [0.29, 0.717) is 17.1 Å². The Labute approximate surface area is 212 Å². The number of nitrogens with zero attached hydrogens (tertiary/aromatic N) is 2. The second-order valence-corrected chi connectivity index (χ2v) is 9.35. The summed E-state index contributed by atoms with van der Waals surface area (Å²) in [5, 5.41) is 5.68. The van der Waals surface area contributed by atoms with Gasteiger partial charge in [0.1, 0.15) is 11.9 Å². The third-order valence-electron chi connectivity index (χ3n) is 5.58. The van der Waals surface area contributed by atoms with Crippen LogP contribution in [-0.2, 0) is 14.4 Å². The maximum Gasteiger partial charge on any atom is 0.248 e. The van der Waals surface area contributed by atoms with Crippen LogP contribution >= 0.6 is 0 Å². The van der Waals surface area contributed by atoms with Crippen LogP contribution in [0.3, 0.4) is 0 Å². The maximum absolute atomic E-state index is 13.7. The molecule has 1 atom stereocenters. The van der Waals surface area contributed by atoms with Gasteiger partial charge < -0.3 is 10.6 Å². The van der Waals surface area contributed by atoms with Crippen LogP contribution in [0.25, 0.3) is 0 Å². The van der Waals surface area contributed by atoms with Gasteiger partial charge in [-0.3, -0.25) is 19.3 Å². The van der Waals surface area contributed by atoms with Crippen molar-refractivity contribution in [2.24, 2.45) is 0 Å². The zero-order valence-corrected chi connectivity index (χ0v) is 21.5. The van der Waals surface area contributed by atoms with Crippen molar-refractivity contribution in [1.82, 2.24) is 10.3 Å². The molecule has 0 aliphatic heterocycles. The molecule has 3 amide bonds. The van der Waals surface area contributed by atoms with Crippen molar-refractivity contribution in [3.63, 3.8) is 0 Å². The molecule has 188 valence electrons. The van der Waals surface area contributed by atoms with Gasteiger partial charge >= 0.3 is 0 Å². The first-order valence-corrected chi connectivity index (χ1v) is 12.1. The van der Waals surface area contributed by atoms with Gasteiger partial charge in [0.15, 0.2) is 0 Å². The highest BCUT2D eigenvalue weighted by atomic mass is 16.2. The molecule has 3 rings (SSSR count). The number of amides is 3. The van der Waals surface area contributed by atoms with E-state index >= 15 is 0 Å². The molecule has 2 aromatic carbocycles. The Balaban J connectivity index is 1.97. The van der Waals surface area contributed by atoms with Crippen molar-refractivity contribution in [3.05, 3.63) is 89.1 Å². The summed E-state index contributed by atoms with van der Waals surface area (Å²) < 4.78 is 0. The molecule has 7 nitrogen and oxygen atoms in total. The fraction of sp³-hybridized carbons (Fsp3) is 0.310. The number of carbonyl (C=O) groups excluding carboxylic acids is 3. The third kappa shape index (κ3) is 7.25. The number of anilines is 2. The van der Waals surface area contributed by atoms with E-state index in [1.807, 2.05) is 77.1 Å². The third-order valence-corrected chi connectivity index (χ3v) is 5.58. The molecule has 0 aliphatic rings. The SMILES string of the molecule is Cc1ccc(C(C(=O)NC(C)C)N(C(=O)CCC(=O)Nc2ccccn2)c2cc(C)cc(C)c2)cc1. The minimum absolute atomic E-state index is 0.0386. The van der Waals surface area contributed by atoms with Gasteiger partial charge in [-0.25, -0.2) is 4.98 Å². The number of aryl methyl sites for hydroxylation is 3. The van der Waals surface area contributed by atoms with E-state index in [0.717, 1.165) is 16.7 Å². The highest BCUT2D eigenvalue weighted by molar-refractivity contribution is 6.03. The van der Waals surface area contributed by atoms with Crippen LogP contribution in [-0.4, -0.2) is 28.7 Å². The highest BCUT2D eigenvalue weighted by Gasteiger charge is 2.33. The van der Waals surface area contributed by atoms with E-state index in [-0.39, 0.29) is 36.6 Å². The van der Waals surface area contributed by atoms with Gasteiger partial charge in [0, 0.05) is 30.8 Å². The van der Waals surface area contributed by atoms with E-state index in [1.165, 1.54) is 4.90 Å². The highest BCUT2D eigenvalue weighted by Crippen LogP contribution is 2.31. The first-order chi connectivity index (χ1) is 17.1. The van der Waals surface area contributed by atoms with E-state index in [9.17, 15) is 14.4 Å². The predicted molar refractivity (Wildman–Crippen MR) is 143 cm³/mol. The molecule has 0 fully saturated rings. The average molecular weight is 487 g/mol. The van der Waals surface area contributed by atoms with Crippen LogP contribution in [0.15, 0.2) is 66.9 Å². The Hall–Kier alpha value is -4.00. The fourth-order valence-corrected chi connectivity index (χ4v) is 4.04. The average Bonchev–Trinajstić information content (AvgIpc) is 2.81. The lowest BCUT2D eigenvalue weighted by Gasteiger charge is -2.32. The molecule has 36 heavy (non-hydrogen) atoms. The summed E-state index contributed by atoms with van der Waals surface area (Å²) in [6.45, 7) is 9.65. The first kappa shape index (κ1) is 26.6. The molecule has 0 saturated heterocycles. The van der Waals surface area contributed by atoms with Crippen molar-refractivity contribution in [1.29, 1.82) is 0 Å². The van der Waals surface area contributed by atoms with Crippen molar-refractivity contribution >= 4 is 29.2 Å². The Bertz CT molecular complexity index is 1190. The normalized spacial score (nSPS) is 11.6. The molecule has 1 heterocycles. The lowest BCUT2D eigenvalue weighted by molar-refractivity contribution is -0.127. The van der Waals surface area contributed by atoms with Crippen LogP contribution in [0.4, 0.5) is 11.5 Å². The molecule has 3 aromatic rings. The first-order valence-electron chi connectivity index (χ1n) is 12.1. The largest absolute Gasteiger partial charge is 0.352 e. The van der Waals surface area contributed by atoms with Crippen LogP contribution in [0.5, 0.6) is 0 Å². The summed E-state index contributed by atoms with van der Waals surface area (Å²) in [5.41, 5.74) is 4.32. The minimum Gasteiger partial charge on any atom is -0.352 e. The van der Waals surface area contributed by atoms with Gasteiger partial charge in [0.2, 0.25) is 17.7 Å². The van der Waals surface area contributed by atoms with Crippen molar-refractivity contribution in [2.75, 3.05) is 10.2 Å². The van der Waals surface area contributed by atoms with E-state index < -0.39 is 6.04 Å². The van der Waals surface area contributed by atoms with Crippen LogP contribution in [0.2, 0.25) is 0 Å². The molecule has 0 radical (unpaired) electrons. The summed E-state index contributed by atoms with van der Waals surface area (Å²) in [5.74, 6) is -0.490. The number of aromatic nitrogens is 1. The number of hydrogen-bond acceptors (Lipinski definition) is 4. The molecule has 0 saturated carbocycles. The summed E-state index contributed by atoms with van der Waals surface area (Å²) in [7, 11) is 0. The summed E-state index contributed by atoms with van der Waals surface area (Å²) in [4.78, 5) is 45.4. The molecule has 0 bridgehead atoms. The Morgan fingerprint density at radius 3 is 2.11 bits per heavy atom. The molecular formula is C29H34N4O3. The van der Waals surface area contributed by atoms with Gasteiger partial charge in [-0.15, -0.1) is 0 Å². The molecule has 0 spiro atoms. The number of rotatable bonds is 9. The number of nitrogens with one attached hydrogen (secondary N) is 2. The summed E-state index contributed by atoms with van der Waals surface area (Å²) >= 11 is 0. The Morgan fingerprint density at radius 2 is 1.53 bits per heavy atom. The molecular weight excluding hydrogens is 452 g/mol. The van der Waals surface area contributed by atoms with E-state index in [4.69, 9.17) is 0 Å². The molecule has 7 heteroatoms. The van der Waals surface area contributed by atoms with Crippen molar-refractivity contribution in [2.45, 2.75) is 59.5 Å². The fourth-order valence-electron chi connectivity index (χ4n) is 4.04. The van der Waals surface area contributed by atoms with Gasteiger partial charge in [-0.1, -0.05) is 42.0 Å². The van der Waals surface area contributed by atoms with Gasteiger partial charge in [0.25, 0.3) is 0 Å². The van der Waals surface area contributed by atoms with Gasteiger partial charge in [-0.05, 0) is 75.6 Å². The van der Waals surface area contributed by atoms with Gasteiger partial charge in [0.05, 0.1) is 0 Å². The molecule has 2 N–H and O–H groups in total. The van der Waals surface area contributed by atoms with E-state index in [2.05, 4.69) is 15.6 Å². The lowest BCUT2D eigenvalue weighted by atomic mass is 9.99. The Morgan fingerprint density at radius 1 is 0.861 bits per heavy atom. The number of carbonyl (C=O) groups is 3. The second kappa shape index (κ2) is 12.1. The number of pyridine rings is 1. The quantitative estimate of drug-likeness (QED) is 0.444. The van der Waals surface area contributed by atoms with Gasteiger partial charge in [-0.2, -0.15) is 0 Å². The predicted octanol–water partition coefficient (Wildman–Crippen LogP) is 5.02.